The number of carbonyl (C=O) groups is 3. The van der Waals surface area contributed by atoms with Gasteiger partial charge in [-0.2, -0.15) is 0 Å². The summed E-state index contributed by atoms with van der Waals surface area (Å²) in [6.45, 7) is 8.65. The molecule has 1 aromatic carbocycles. The molecule has 7 heteroatoms. The second-order valence-corrected chi connectivity index (χ2v) is 7.93. The number of carbonyl (C=O) groups excluding carboxylic acids is 2. The Morgan fingerprint density at radius 2 is 1.67 bits per heavy atom. The third-order valence-electron chi connectivity index (χ3n) is 4.51. The van der Waals surface area contributed by atoms with Gasteiger partial charge in [-0.3, -0.25) is 0 Å². The first-order chi connectivity index (χ1) is 14.0. The van der Waals surface area contributed by atoms with E-state index in [9.17, 15) is 19.5 Å². The number of hydrogen-bond donors (Lipinski definition) is 2. The fourth-order valence-electron chi connectivity index (χ4n) is 3.39. The van der Waals surface area contributed by atoms with Crippen molar-refractivity contribution in [1.82, 2.24) is 5.32 Å². The number of allylic oxidation sites excluding steroid dienone is 2. The molecule has 0 spiro atoms. The van der Waals surface area contributed by atoms with Gasteiger partial charge in [0.25, 0.3) is 0 Å². The Hall–Kier alpha value is -3.35. The number of hydrogen-bond acceptors (Lipinski definition) is 6. The molecule has 0 saturated heterocycles. The second-order valence-electron chi connectivity index (χ2n) is 7.93. The third kappa shape index (κ3) is 5.17. The predicted octanol–water partition coefficient (Wildman–Crippen LogP) is 3.53. The van der Waals surface area contributed by atoms with Gasteiger partial charge in [0.1, 0.15) is 5.60 Å². The fourth-order valence-corrected chi connectivity index (χ4v) is 3.39. The van der Waals surface area contributed by atoms with Gasteiger partial charge < -0.3 is 19.9 Å². The zero-order valence-corrected chi connectivity index (χ0v) is 18.0. The third-order valence-corrected chi connectivity index (χ3v) is 4.51. The maximum atomic E-state index is 12.5. The maximum absolute atomic E-state index is 12.5. The van der Waals surface area contributed by atoms with Crippen molar-refractivity contribution in [2.45, 2.75) is 46.1 Å². The Morgan fingerprint density at radius 1 is 1.07 bits per heavy atom. The van der Waals surface area contributed by atoms with Crippen LogP contribution in [0.4, 0.5) is 0 Å². The lowest BCUT2D eigenvalue weighted by molar-refractivity contribution is -0.148. The Labute approximate surface area is 176 Å². The number of benzene rings is 1. The highest BCUT2D eigenvalue weighted by atomic mass is 16.6. The van der Waals surface area contributed by atoms with E-state index in [0.29, 0.717) is 22.5 Å². The van der Waals surface area contributed by atoms with Crippen molar-refractivity contribution >= 4 is 24.0 Å². The predicted molar refractivity (Wildman–Crippen MR) is 112 cm³/mol. The van der Waals surface area contributed by atoms with Crippen molar-refractivity contribution in [3.63, 3.8) is 0 Å². The molecule has 1 aliphatic heterocycles. The van der Waals surface area contributed by atoms with Crippen LogP contribution >= 0.6 is 0 Å². The number of rotatable bonds is 5. The minimum Gasteiger partial charge on any atom is -0.478 e. The lowest BCUT2D eigenvalue weighted by Crippen LogP contribution is -2.31. The van der Waals surface area contributed by atoms with Gasteiger partial charge in [-0.15, -0.1) is 0 Å². The molecule has 0 aliphatic carbocycles. The Morgan fingerprint density at radius 3 is 2.23 bits per heavy atom. The maximum Gasteiger partial charge on any atom is 0.336 e. The number of ether oxygens (including phenoxy) is 2. The van der Waals surface area contributed by atoms with Gasteiger partial charge in [0.2, 0.25) is 0 Å². The van der Waals surface area contributed by atoms with Crippen molar-refractivity contribution < 1.29 is 29.0 Å². The second kappa shape index (κ2) is 8.98. The van der Waals surface area contributed by atoms with Crippen LogP contribution in [0.5, 0.6) is 0 Å². The van der Waals surface area contributed by atoms with Crippen LogP contribution < -0.4 is 5.32 Å². The molecule has 1 unspecified atom stereocenters. The van der Waals surface area contributed by atoms with E-state index < -0.39 is 29.4 Å². The summed E-state index contributed by atoms with van der Waals surface area (Å²) in [6.07, 6.45) is 2.85. The highest BCUT2D eigenvalue weighted by Gasteiger charge is 2.37. The molecular formula is C23H27NO6. The van der Waals surface area contributed by atoms with Crippen LogP contribution in [-0.4, -0.2) is 35.7 Å². The first-order valence-corrected chi connectivity index (χ1v) is 9.46. The van der Waals surface area contributed by atoms with Gasteiger partial charge >= 0.3 is 17.9 Å². The lowest BCUT2D eigenvalue weighted by atomic mass is 9.78. The van der Waals surface area contributed by atoms with E-state index in [4.69, 9.17) is 9.47 Å². The molecule has 7 nitrogen and oxygen atoms in total. The number of dihydropyridines is 1. The summed E-state index contributed by atoms with van der Waals surface area (Å²) in [5.74, 6) is -3.16. The van der Waals surface area contributed by atoms with Crippen LogP contribution in [0.3, 0.4) is 0 Å². The van der Waals surface area contributed by atoms with E-state index in [2.05, 4.69) is 5.32 Å². The van der Waals surface area contributed by atoms with E-state index in [1.807, 2.05) is 0 Å². The van der Waals surface area contributed by atoms with Crippen LogP contribution in [-0.2, 0) is 23.9 Å². The van der Waals surface area contributed by atoms with Gasteiger partial charge in [0, 0.05) is 17.5 Å². The highest BCUT2D eigenvalue weighted by molar-refractivity contribution is 5.99. The minimum absolute atomic E-state index is 0.0409. The lowest BCUT2D eigenvalue weighted by Gasteiger charge is -2.30. The average molecular weight is 413 g/mol. The molecule has 160 valence electrons. The van der Waals surface area contributed by atoms with Crippen LogP contribution in [0, 0.1) is 0 Å². The Bertz CT molecular complexity index is 962. The number of esters is 2. The van der Waals surface area contributed by atoms with Crippen molar-refractivity contribution in [3.05, 3.63) is 64.0 Å². The van der Waals surface area contributed by atoms with Crippen molar-refractivity contribution in [2.24, 2.45) is 0 Å². The molecule has 0 fully saturated rings. The SMILES string of the molecule is COC(=O)C1=C(C)NC(C)=C(C(=O)O)C1c1ccccc1C=CC(=O)OC(C)(C)C. The number of methoxy groups -OCH3 is 1. The molecular weight excluding hydrogens is 386 g/mol. The quantitative estimate of drug-likeness (QED) is 0.562. The molecule has 1 heterocycles. The standard InChI is InChI=1S/C23H27NO6/c1-13-18(21(26)27)20(19(14(2)24-13)22(28)29-6)16-10-8-7-9-15(16)11-12-17(25)30-23(3,4)5/h7-12,20,24H,1-6H3,(H,26,27). The van der Waals surface area contributed by atoms with Gasteiger partial charge in [-0.05, 0) is 51.8 Å². The van der Waals surface area contributed by atoms with Crippen molar-refractivity contribution in [1.29, 1.82) is 0 Å². The summed E-state index contributed by atoms with van der Waals surface area (Å²) in [7, 11) is 1.25. The van der Waals surface area contributed by atoms with Crippen LogP contribution in [0.1, 0.15) is 51.7 Å². The van der Waals surface area contributed by atoms with Crippen LogP contribution in [0.15, 0.2) is 52.9 Å². The number of carboxylic acid groups (broad SMARTS) is 1. The summed E-state index contributed by atoms with van der Waals surface area (Å²) in [5, 5.41) is 12.8. The van der Waals surface area contributed by atoms with Crippen molar-refractivity contribution in [3.8, 4) is 0 Å². The summed E-state index contributed by atoms with van der Waals surface area (Å²) in [5.41, 5.74) is 1.72. The monoisotopic (exact) mass is 413 g/mol. The van der Waals surface area contributed by atoms with Gasteiger partial charge in [-0.25, -0.2) is 14.4 Å². The number of nitrogens with one attached hydrogen (secondary N) is 1. The smallest absolute Gasteiger partial charge is 0.336 e. The zero-order chi connectivity index (χ0) is 22.6. The first-order valence-electron chi connectivity index (χ1n) is 9.46. The van der Waals surface area contributed by atoms with Crippen molar-refractivity contribution in [2.75, 3.05) is 7.11 Å². The first kappa shape index (κ1) is 22.9. The van der Waals surface area contributed by atoms with E-state index >= 15 is 0 Å². The molecule has 1 aliphatic rings. The fraction of sp³-hybridized carbons (Fsp3) is 0.348. The van der Waals surface area contributed by atoms with E-state index in [1.54, 1.807) is 65.0 Å². The Balaban J connectivity index is 2.61. The van der Waals surface area contributed by atoms with E-state index in [-0.39, 0.29) is 11.1 Å². The average Bonchev–Trinajstić information content (AvgIpc) is 2.63. The molecule has 0 bridgehead atoms. The molecule has 2 N–H and O–H groups in total. The molecule has 0 saturated carbocycles. The molecule has 1 aromatic rings. The number of aliphatic carboxylic acids is 1. The summed E-state index contributed by atoms with van der Waals surface area (Å²) in [6, 6.07) is 7.00. The Kier molecular flexibility index (Phi) is 6.87. The molecule has 1 atom stereocenters. The summed E-state index contributed by atoms with van der Waals surface area (Å²) < 4.78 is 10.2. The van der Waals surface area contributed by atoms with E-state index in [1.165, 1.54) is 13.2 Å². The highest BCUT2D eigenvalue weighted by Crippen LogP contribution is 2.40. The normalized spacial score (nSPS) is 17.1. The topological polar surface area (TPSA) is 102 Å². The molecule has 0 radical (unpaired) electrons. The molecule has 0 amide bonds. The number of carboxylic acids is 1. The molecule has 0 aromatic heterocycles. The zero-order valence-electron chi connectivity index (χ0n) is 18.0. The largest absolute Gasteiger partial charge is 0.478 e. The minimum atomic E-state index is -1.15. The van der Waals surface area contributed by atoms with Crippen LogP contribution in [0.25, 0.3) is 6.08 Å². The van der Waals surface area contributed by atoms with Gasteiger partial charge in [0.05, 0.1) is 24.2 Å². The summed E-state index contributed by atoms with van der Waals surface area (Å²) >= 11 is 0. The van der Waals surface area contributed by atoms with Gasteiger partial charge in [0.15, 0.2) is 0 Å². The molecule has 2 rings (SSSR count). The van der Waals surface area contributed by atoms with Gasteiger partial charge in [-0.1, -0.05) is 24.3 Å². The molecule has 30 heavy (non-hydrogen) atoms. The van der Waals surface area contributed by atoms with Crippen LogP contribution in [0.2, 0.25) is 0 Å². The van der Waals surface area contributed by atoms with E-state index in [0.717, 1.165) is 0 Å². The summed E-state index contributed by atoms with van der Waals surface area (Å²) in [4.78, 5) is 36.7.